The lowest BCUT2D eigenvalue weighted by Crippen LogP contribution is -2.02. The fourth-order valence-electron chi connectivity index (χ4n) is 0.267. The second-order valence-electron chi connectivity index (χ2n) is 1.41. The van der Waals surface area contributed by atoms with Gasteiger partial charge >= 0.3 is 0 Å². The van der Waals surface area contributed by atoms with Crippen molar-refractivity contribution in [2.45, 2.75) is 9.16 Å². The Morgan fingerprint density at radius 3 is 1.56 bits per heavy atom. The maximum absolute atomic E-state index is 4.23. The molecule has 0 heterocycles. The van der Waals surface area contributed by atoms with Crippen LogP contribution in [0.1, 0.15) is 0 Å². The van der Waals surface area contributed by atoms with Gasteiger partial charge in [-0.05, 0) is 0 Å². The highest BCUT2D eigenvalue weighted by Gasteiger charge is 2.06. The maximum Gasteiger partial charge on any atom is 0.0571 e. The highest BCUT2D eigenvalue weighted by molar-refractivity contribution is 8.17. The summed E-state index contributed by atoms with van der Waals surface area (Å²) in [4.78, 5) is 0. The van der Waals surface area contributed by atoms with Gasteiger partial charge in [-0.25, -0.2) is 0 Å². The van der Waals surface area contributed by atoms with Crippen LogP contribution < -0.4 is 0 Å². The Kier molecular flexibility index (Phi) is 7.72. The van der Waals surface area contributed by atoms with Crippen LogP contribution in [0.4, 0.5) is 0 Å². The first kappa shape index (κ1) is 10.8. The van der Waals surface area contributed by atoms with Gasteiger partial charge in [0.1, 0.15) is 0 Å². The lowest BCUT2D eigenvalue weighted by molar-refractivity contribution is 1.40. The van der Waals surface area contributed by atoms with Crippen molar-refractivity contribution in [3.63, 3.8) is 0 Å². The van der Waals surface area contributed by atoms with Crippen molar-refractivity contribution >= 4 is 62.3 Å². The van der Waals surface area contributed by atoms with Crippen molar-refractivity contribution in [1.82, 2.24) is 0 Å². The molecule has 0 aliphatic heterocycles. The Bertz CT molecular complexity index is 58.0. The van der Waals surface area contributed by atoms with Crippen LogP contribution >= 0.6 is 62.3 Å². The second kappa shape index (κ2) is 6.46. The fourth-order valence-corrected chi connectivity index (χ4v) is 2.49. The maximum atomic E-state index is 4.23. The average molecular weight is 218 g/mol. The summed E-state index contributed by atoms with van der Waals surface area (Å²) in [7, 11) is 0. The quantitative estimate of drug-likeness (QED) is 0.414. The third kappa shape index (κ3) is 6.16. The van der Waals surface area contributed by atoms with Gasteiger partial charge in [0.15, 0.2) is 0 Å². The van der Waals surface area contributed by atoms with Crippen molar-refractivity contribution in [2.24, 2.45) is 0 Å². The molecule has 0 fully saturated rings. The fraction of sp³-hybridized carbons (Fsp3) is 1.00. The molecular formula is C4H10S5. The number of thiol groups is 4. The zero-order valence-electron chi connectivity index (χ0n) is 4.77. The van der Waals surface area contributed by atoms with E-state index in [2.05, 4.69) is 50.5 Å². The zero-order chi connectivity index (χ0) is 7.28. The minimum Gasteiger partial charge on any atom is -0.177 e. The second-order valence-corrected chi connectivity index (χ2v) is 5.50. The molecule has 0 saturated heterocycles. The molecule has 2 unspecified atom stereocenters. The van der Waals surface area contributed by atoms with Crippen molar-refractivity contribution in [2.75, 3.05) is 11.5 Å². The first-order chi connectivity index (χ1) is 4.20. The van der Waals surface area contributed by atoms with Crippen molar-refractivity contribution in [1.29, 1.82) is 0 Å². The van der Waals surface area contributed by atoms with E-state index in [0.29, 0.717) is 0 Å². The monoisotopic (exact) mass is 218 g/mol. The van der Waals surface area contributed by atoms with Crippen LogP contribution in [-0.2, 0) is 0 Å². The van der Waals surface area contributed by atoms with Gasteiger partial charge in [0.25, 0.3) is 0 Å². The molecule has 5 heteroatoms. The van der Waals surface area contributed by atoms with Crippen LogP contribution in [0.15, 0.2) is 0 Å². The molecule has 0 aromatic rings. The van der Waals surface area contributed by atoms with E-state index in [0.717, 1.165) is 11.5 Å². The molecule has 0 aliphatic rings. The molecule has 0 nitrogen and oxygen atoms in total. The van der Waals surface area contributed by atoms with E-state index >= 15 is 0 Å². The van der Waals surface area contributed by atoms with E-state index in [1.165, 1.54) is 0 Å². The summed E-state index contributed by atoms with van der Waals surface area (Å²) in [5, 5.41) is 0. The van der Waals surface area contributed by atoms with E-state index in [9.17, 15) is 0 Å². The van der Waals surface area contributed by atoms with Crippen LogP contribution in [-0.4, -0.2) is 20.7 Å². The SMILES string of the molecule is SCC(S)SC(S)CS. The number of hydrogen-bond acceptors (Lipinski definition) is 5. The molecule has 0 rings (SSSR count). The predicted octanol–water partition coefficient (Wildman–Crippen LogP) is 2.09. The van der Waals surface area contributed by atoms with Gasteiger partial charge < -0.3 is 0 Å². The van der Waals surface area contributed by atoms with Crippen LogP contribution in [0, 0.1) is 0 Å². The highest BCUT2D eigenvalue weighted by Crippen LogP contribution is 2.24. The van der Waals surface area contributed by atoms with E-state index in [-0.39, 0.29) is 9.16 Å². The lowest BCUT2D eigenvalue weighted by Gasteiger charge is -2.10. The average Bonchev–Trinajstić information content (AvgIpc) is 1.87. The Morgan fingerprint density at radius 2 is 1.33 bits per heavy atom. The van der Waals surface area contributed by atoms with E-state index < -0.39 is 0 Å². The number of hydrogen-bond donors (Lipinski definition) is 4. The Balaban J connectivity index is 3.22. The van der Waals surface area contributed by atoms with Gasteiger partial charge in [0.05, 0.1) is 9.16 Å². The van der Waals surface area contributed by atoms with Crippen molar-refractivity contribution < 1.29 is 0 Å². The van der Waals surface area contributed by atoms with Crippen molar-refractivity contribution in [3.05, 3.63) is 0 Å². The first-order valence-corrected chi connectivity index (χ1v) is 5.68. The molecule has 0 radical (unpaired) electrons. The summed E-state index contributed by atoms with van der Waals surface area (Å²) >= 11 is 18.3. The summed E-state index contributed by atoms with van der Waals surface area (Å²) < 4.78 is 0.561. The van der Waals surface area contributed by atoms with Crippen LogP contribution in [0.3, 0.4) is 0 Å². The van der Waals surface area contributed by atoms with Gasteiger partial charge in [-0.1, -0.05) is 0 Å². The van der Waals surface area contributed by atoms with E-state index in [4.69, 9.17) is 0 Å². The predicted molar refractivity (Wildman–Crippen MR) is 60.8 cm³/mol. The zero-order valence-corrected chi connectivity index (χ0v) is 9.16. The Hall–Kier alpha value is 1.75. The molecule has 0 N–H and O–H groups in total. The van der Waals surface area contributed by atoms with Gasteiger partial charge in [-0.3, -0.25) is 0 Å². The molecular weight excluding hydrogens is 208 g/mol. The minimum atomic E-state index is 0.281. The summed E-state index contributed by atoms with van der Waals surface area (Å²) in [5.41, 5.74) is 0. The topological polar surface area (TPSA) is 0 Å². The normalized spacial score (nSPS) is 17.3. The third-order valence-corrected chi connectivity index (χ3v) is 4.48. The molecule has 0 saturated carbocycles. The minimum absolute atomic E-state index is 0.281. The smallest absolute Gasteiger partial charge is 0.0571 e. The van der Waals surface area contributed by atoms with Gasteiger partial charge in [-0.15, -0.1) is 11.8 Å². The summed E-state index contributed by atoms with van der Waals surface area (Å²) in [6.45, 7) is 0. The highest BCUT2D eigenvalue weighted by atomic mass is 32.2. The number of thioether (sulfide) groups is 1. The Morgan fingerprint density at radius 1 is 1.00 bits per heavy atom. The van der Waals surface area contributed by atoms with Gasteiger partial charge in [0, 0.05) is 11.5 Å². The molecule has 9 heavy (non-hydrogen) atoms. The van der Waals surface area contributed by atoms with Crippen LogP contribution in [0.2, 0.25) is 0 Å². The standard InChI is InChI=1S/C4H10S5/c5-1-3(7)9-4(8)2-6/h3-8H,1-2H2. The van der Waals surface area contributed by atoms with E-state index in [1.807, 2.05) is 0 Å². The molecule has 0 bridgehead atoms. The third-order valence-electron chi connectivity index (χ3n) is 0.627. The lowest BCUT2D eigenvalue weighted by atomic mass is 10.9. The Labute approximate surface area is 82.6 Å². The molecule has 0 aromatic carbocycles. The van der Waals surface area contributed by atoms with Crippen LogP contribution in [0.5, 0.6) is 0 Å². The van der Waals surface area contributed by atoms with E-state index in [1.54, 1.807) is 11.8 Å². The van der Waals surface area contributed by atoms with Gasteiger partial charge in [0.2, 0.25) is 0 Å². The molecule has 0 spiro atoms. The molecule has 0 amide bonds. The van der Waals surface area contributed by atoms with Gasteiger partial charge in [-0.2, -0.15) is 50.5 Å². The molecule has 56 valence electrons. The molecule has 0 aliphatic carbocycles. The molecule has 2 atom stereocenters. The number of rotatable bonds is 4. The van der Waals surface area contributed by atoms with Crippen molar-refractivity contribution in [3.8, 4) is 0 Å². The van der Waals surface area contributed by atoms with Crippen LogP contribution in [0.25, 0.3) is 0 Å². The molecule has 0 aromatic heterocycles. The summed E-state index contributed by atoms with van der Waals surface area (Å²) in [5.74, 6) is 1.55. The summed E-state index contributed by atoms with van der Waals surface area (Å²) in [6, 6.07) is 0. The summed E-state index contributed by atoms with van der Waals surface area (Å²) in [6.07, 6.45) is 0. The first-order valence-electron chi connectivity index (χ1n) is 2.44. The largest absolute Gasteiger partial charge is 0.177 e.